The zero-order valence-corrected chi connectivity index (χ0v) is 13.6. The van der Waals surface area contributed by atoms with Crippen LogP contribution < -0.4 is 5.32 Å². The lowest BCUT2D eigenvalue weighted by molar-refractivity contribution is 0.0343. The number of rotatable bonds is 5. The largest absolute Gasteiger partial charge is 0.478 e. The summed E-state index contributed by atoms with van der Waals surface area (Å²) in [6.45, 7) is 1.42. The number of nitrogens with one attached hydrogen (secondary N) is 1. The molecule has 1 aliphatic heterocycles. The fourth-order valence-electron chi connectivity index (χ4n) is 3.18. The maximum Gasteiger partial charge on any atom is 0.335 e. The summed E-state index contributed by atoms with van der Waals surface area (Å²) in [6.07, 6.45) is 1.14. The summed E-state index contributed by atoms with van der Waals surface area (Å²) in [5.41, 5.74) is 0.897. The first-order chi connectivity index (χ1) is 12.0. The molecule has 0 bridgehead atoms. The average Bonchev–Trinajstić information content (AvgIpc) is 2.61. The SMILES string of the molecule is O=C(O)c1ccc(CNC2(c3ccc(F)cc3F)CCOCC2)cc1. The second-order valence-electron chi connectivity index (χ2n) is 6.17. The fraction of sp³-hybridized carbons (Fsp3) is 0.316. The van der Waals surface area contributed by atoms with E-state index in [2.05, 4.69) is 5.32 Å². The number of carboxylic acid groups (broad SMARTS) is 1. The van der Waals surface area contributed by atoms with Crippen molar-refractivity contribution in [2.45, 2.75) is 24.9 Å². The van der Waals surface area contributed by atoms with Crippen molar-refractivity contribution in [2.24, 2.45) is 0 Å². The van der Waals surface area contributed by atoms with Crippen molar-refractivity contribution in [1.82, 2.24) is 5.32 Å². The molecule has 1 saturated heterocycles. The molecular formula is C19H19F2NO3. The van der Waals surface area contributed by atoms with Crippen LogP contribution in [0.1, 0.15) is 34.3 Å². The fourth-order valence-corrected chi connectivity index (χ4v) is 3.18. The zero-order valence-electron chi connectivity index (χ0n) is 13.6. The first-order valence-corrected chi connectivity index (χ1v) is 8.11. The van der Waals surface area contributed by atoms with Crippen molar-refractivity contribution in [1.29, 1.82) is 0 Å². The Balaban J connectivity index is 1.82. The van der Waals surface area contributed by atoms with E-state index in [9.17, 15) is 13.6 Å². The van der Waals surface area contributed by atoms with Crippen LogP contribution >= 0.6 is 0 Å². The third-order valence-corrected chi connectivity index (χ3v) is 4.62. The smallest absolute Gasteiger partial charge is 0.335 e. The highest BCUT2D eigenvalue weighted by molar-refractivity contribution is 5.87. The molecule has 0 atom stereocenters. The Bertz CT molecular complexity index is 756. The van der Waals surface area contributed by atoms with Crippen molar-refractivity contribution in [3.63, 3.8) is 0 Å². The maximum absolute atomic E-state index is 14.4. The van der Waals surface area contributed by atoms with Crippen LogP contribution in [0.25, 0.3) is 0 Å². The maximum atomic E-state index is 14.4. The molecule has 0 aliphatic carbocycles. The van der Waals surface area contributed by atoms with E-state index in [1.54, 1.807) is 12.1 Å². The van der Waals surface area contributed by atoms with Crippen LogP contribution in [0.2, 0.25) is 0 Å². The van der Waals surface area contributed by atoms with Crippen LogP contribution in [0, 0.1) is 11.6 Å². The summed E-state index contributed by atoms with van der Waals surface area (Å²) >= 11 is 0. The topological polar surface area (TPSA) is 58.6 Å². The Labute approximate surface area is 144 Å². The normalized spacial score (nSPS) is 16.6. The Morgan fingerprint density at radius 2 is 1.80 bits per heavy atom. The van der Waals surface area contributed by atoms with E-state index in [-0.39, 0.29) is 5.56 Å². The predicted molar refractivity (Wildman–Crippen MR) is 88.3 cm³/mol. The highest BCUT2D eigenvalue weighted by Crippen LogP contribution is 2.34. The average molecular weight is 347 g/mol. The summed E-state index contributed by atoms with van der Waals surface area (Å²) in [4.78, 5) is 10.9. The van der Waals surface area contributed by atoms with Crippen LogP contribution in [0.15, 0.2) is 42.5 Å². The third-order valence-electron chi connectivity index (χ3n) is 4.62. The summed E-state index contributed by atoms with van der Waals surface area (Å²) in [5, 5.41) is 12.3. The van der Waals surface area contributed by atoms with E-state index in [1.165, 1.54) is 24.3 Å². The molecule has 0 aromatic heterocycles. The number of halogens is 2. The standard InChI is InChI=1S/C19H19F2NO3/c20-15-5-6-16(17(21)11-15)19(7-9-25-10-8-19)22-12-13-1-3-14(4-2-13)18(23)24/h1-6,11,22H,7-10,12H2,(H,23,24). The van der Waals surface area contributed by atoms with Crippen molar-refractivity contribution in [2.75, 3.05) is 13.2 Å². The number of ether oxygens (including phenoxy) is 1. The van der Waals surface area contributed by atoms with Crippen LogP contribution in [0.3, 0.4) is 0 Å². The van der Waals surface area contributed by atoms with Gasteiger partial charge in [0, 0.05) is 31.4 Å². The van der Waals surface area contributed by atoms with Crippen molar-refractivity contribution in [3.05, 3.63) is 70.8 Å². The molecular weight excluding hydrogens is 328 g/mol. The lowest BCUT2D eigenvalue weighted by Crippen LogP contribution is -2.47. The van der Waals surface area contributed by atoms with Gasteiger partial charge < -0.3 is 15.2 Å². The van der Waals surface area contributed by atoms with Crippen LogP contribution in [-0.4, -0.2) is 24.3 Å². The first-order valence-electron chi connectivity index (χ1n) is 8.11. The molecule has 2 aromatic rings. The van der Waals surface area contributed by atoms with Gasteiger partial charge in [-0.05, 0) is 36.6 Å². The van der Waals surface area contributed by atoms with Crippen molar-refractivity contribution >= 4 is 5.97 Å². The molecule has 4 nitrogen and oxygen atoms in total. The zero-order chi connectivity index (χ0) is 17.9. The van der Waals surface area contributed by atoms with Gasteiger partial charge in [0.2, 0.25) is 0 Å². The minimum Gasteiger partial charge on any atom is -0.478 e. The molecule has 25 heavy (non-hydrogen) atoms. The van der Waals surface area contributed by atoms with Gasteiger partial charge in [-0.25, -0.2) is 13.6 Å². The number of benzene rings is 2. The van der Waals surface area contributed by atoms with Crippen LogP contribution in [-0.2, 0) is 16.8 Å². The lowest BCUT2D eigenvalue weighted by Gasteiger charge is -2.39. The van der Waals surface area contributed by atoms with Gasteiger partial charge in [0.1, 0.15) is 11.6 Å². The monoisotopic (exact) mass is 347 g/mol. The third kappa shape index (κ3) is 3.86. The van der Waals surface area contributed by atoms with Crippen molar-refractivity contribution < 1.29 is 23.4 Å². The second-order valence-corrected chi connectivity index (χ2v) is 6.17. The summed E-state index contributed by atoms with van der Waals surface area (Å²) in [7, 11) is 0. The number of hydrogen-bond acceptors (Lipinski definition) is 3. The Morgan fingerprint density at radius 3 is 2.40 bits per heavy atom. The Hall–Kier alpha value is -2.31. The molecule has 1 heterocycles. The van der Waals surface area contributed by atoms with E-state index in [0.717, 1.165) is 11.6 Å². The molecule has 0 unspecified atom stereocenters. The number of aromatic carboxylic acids is 1. The number of hydrogen-bond donors (Lipinski definition) is 2. The molecule has 2 aromatic carbocycles. The molecule has 6 heteroatoms. The number of carboxylic acids is 1. The van der Waals surface area contributed by atoms with Crippen molar-refractivity contribution in [3.8, 4) is 0 Å². The van der Waals surface area contributed by atoms with Gasteiger partial charge in [0.15, 0.2) is 0 Å². The first kappa shape index (κ1) is 17.5. The summed E-state index contributed by atoms with van der Waals surface area (Å²) < 4.78 is 33.0. The molecule has 132 valence electrons. The van der Waals surface area contributed by atoms with Gasteiger partial charge in [-0.2, -0.15) is 0 Å². The minimum absolute atomic E-state index is 0.217. The molecule has 1 aliphatic rings. The van der Waals surface area contributed by atoms with Gasteiger partial charge in [0.05, 0.1) is 11.1 Å². The quantitative estimate of drug-likeness (QED) is 0.870. The van der Waals surface area contributed by atoms with Crippen LogP contribution in [0.5, 0.6) is 0 Å². The summed E-state index contributed by atoms with van der Waals surface area (Å²) in [5.74, 6) is -2.16. The van der Waals surface area contributed by atoms with Gasteiger partial charge in [-0.1, -0.05) is 18.2 Å². The Kier molecular flexibility index (Phi) is 5.11. The van der Waals surface area contributed by atoms with E-state index >= 15 is 0 Å². The Morgan fingerprint density at radius 1 is 1.12 bits per heavy atom. The molecule has 0 spiro atoms. The molecule has 0 radical (unpaired) electrons. The molecule has 2 N–H and O–H groups in total. The van der Waals surface area contributed by atoms with E-state index in [4.69, 9.17) is 9.84 Å². The van der Waals surface area contributed by atoms with E-state index in [1.807, 2.05) is 0 Å². The van der Waals surface area contributed by atoms with Gasteiger partial charge in [-0.3, -0.25) is 0 Å². The minimum atomic E-state index is -0.978. The molecule has 1 fully saturated rings. The molecule has 0 amide bonds. The molecule has 3 rings (SSSR count). The highest BCUT2D eigenvalue weighted by atomic mass is 19.1. The van der Waals surface area contributed by atoms with Gasteiger partial charge in [0.25, 0.3) is 0 Å². The molecule has 0 saturated carbocycles. The van der Waals surface area contributed by atoms with E-state index < -0.39 is 23.1 Å². The predicted octanol–water partition coefficient (Wildman–Crippen LogP) is 3.46. The highest BCUT2D eigenvalue weighted by Gasteiger charge is 2.36. The summed E-state index contributed by atoms with van der Waals surface area (Å²) in [6, 6.07) is 10.2. The second kappa shape index (κ2) is 7.29. The lowest BCUT2D eigenvalue weighted by atomic mass is 9.82. The van der Waals surface area contributed by atoms with Gasteiger partial charge >= 0.3 is 5.97 Å². The number of carbonyl (C=O) groups is 1. The van der Waals surface area contributed by atoms with E-state index in [0.29, 0.717) is 38.2 Å². The van der Waals surface area contributed by atoms with Gasteiger partial charge in [-0.15, -0.1) is 0 Å². The van der Waals surface area contributed by atoms with Crippen LogP contribution in [0.4, 0.5) is 8.78 Å².